The third-order valence-corrected chi connectivity index (χ3v) is 4.89. The van der Waals surface area contributed by atoms with Crippen molar-refractivity contribution in [2.45, 2.75) is 57.9 Å². The number of benzene rings is 1. The monoisotopic (exact) mass is 281 g/mol. The molecule has 1 aromatic rings. The first-order valence-corrected chi connectivity index (χ1v) is 8.55. The van der Waals surface area contributed by atoms with Gasteiger partial charge in [-0.05, 0) is 69.8 Å². The summed E-state index contributed by atoms with van der Waals surface area (Å²) in [4.78, 5) is 0.970. The van der Waals surface area contributed by atoms with Crippen molar-refractivity contribution >= 4 is 10.8 Å². The largest absolute Gasteiger partial charge is 0.314 e. The van der Waals surface area contributed by atoms with Gasteiger partial charge in [0.1, 0.15) is 0 Å². The van der Waals surface area contributed by atoms with Crippen molar-refractivity contribution < 1.29 is 4.21 Å². The van der Waals surface area contributed by atoms with Gasteiger partial charge in [-0.1, -0.05) is 13.0 Å². The van der Waals surface area contributed by atoms with Gasteiger partial charge in [-0.25, -0.2) is 0 Å². The molecule has 0 amide bonds. The average Bonchev–Trinajstić information content (AvgIpc) is 2.39. The van der Waals surface area contributed by atoms with Gasteiger partial charge in [0.15, 0.2) is 0 Å². The molecule has 0 saturated heterocycles. The Morgan fingerprint density at radius 1 is 1.26 bits per heavy atom. The van der Waals surface area contributed by atoms with Gasteiger partial charge in [-0.2, -0.15) is 0 Å². The molecule has 1 N–H and O–H groups in total. The first-order valence-electron chi connectivity index (χ1n) is 7.23. The quantitative estimate of drug-likeness (QED) is 0.789. The van der Waals surface area contributed by atoms with Crippen LogP contribution in [0.25, 0.3) is 0 Å². The van der Waals surface area contributed by atoms with Gasteiger partial charge >= 0.3 is 0 Å². The van der Waals surface area contributed by atoms with Crippen molar-refractivity contribution in [3.05, 3.63) is 29.3 Å². The molecule has 1 rings (SSSR count). The summed E-state index contributed by atoms with van der Waals surface area (Å²) in [5, 5.41) is 3.46. The minimum atomic E-state index is -0.852. The smallest absolute Gasteiger partial charge is 0.0529 e. The van der Waals surface area contributed by atoms with E-state index in [1.807, 2.05) is 6.07 Å². The maximum absolute atomic E-state index is 12.2. The minimum Gasteiger partial charge on any atom is -0.314 e. The van der Waals surface area contributed by atoms with E-state index in [1.165, 1.54) is 17.5 Å². The van der Waals surface area contributed by atoms with E-state index in [0.717, 1.165) is 30.0 Å². The highest BCUT2D eigenvalue weighted by atomic mass is 32.2. The maximum atomic E-state index is 12.2. The lowest BCUT2D eigenvalue weighted by Crippen LogP contribution is -2.26. The highest BCUT2D eigenvalue weighted by molar-refractivity contribution is 7.85. The van der Waals surface area contributed by atoms with Gasteiger partial charge in [-0.3, -0.25) is 4.21 Å². The van der Waals surface area contributed by atoms with Crippen LogP contribution in [0.15, 0.2) is 23.1 Å². The summed E-state index contributed by atoms with van der Waals surface area (Å²) >= 11 is 0. The van der Waals surface area contributed by atoms with Gasteiger partial charge in [0.25, 0.3) is 0 Å². The maximum Gasteiger partial charge on any atom is 0.0529 e. The lowest BCUT2D eigenvalue weighted by molar-refractivity contribution is 0.509. The molecule has 0 bridgehead atoms. The summed E-state index contributed by atoms with van der Waals surface area (Å²) in [5.74, 6) is 0.765. The average molecular weight is 281 g/mol. The highest BCUT2D eigenvalue weighted by Gasteiger charge is 2.07. The molecule has 19 heavy (non-hydrogen) atoms. The lowest BCUT2D eigenvalue weighted by atomic mass is 10.1. The number of hydrogen-bond acceptors (Lipinski definition) is 2. The Bertz CT molecular complexity index is 417. The van der Waals surface area contributed by atoms with E-state index in [2.05, 4.69) is 45.1 Å². The molecule has 0 saturated carbocycles. The molecule has 2 nitrogen and oxygen atoms in total. The molecule has 0 heterocycles. The molecular formula is C16H27NOS. The van der Waals surface area contributed by atoms with Crippen LogP contribution in [0.5, 0.6) is 0 Å². The van der Waals surface area contributed by atoms with Crippen LogP contribution >= 0.6 is 0 Å². The molecule has 0 aromatic heterocycles. The minimum absolute atomic E-state index is 0.525. The second kappa shape index (κ2) is 8.49. The Balaban J connectivity index is 2.37. The SMILES string of the molecule is CCCNC(C)CCCS(=O)c1ccc(C)c(C)c1. The Labute approximate surface area is 120 Å². The zero-order valence-electron chi connectivity index (χ0n) is 12.7. The van der Waals surface area contributed by atoms with Gasteiger partial charge in [0.05, 0.1) is 10.8 Å². The van der Waals surface area contributed by atoms with Crippen molar-refractivity contribution in [1.29, 1.82) is 0 Å². The Kier molecular flexibility index (Phi) is 7.32. The van der Waals surface area contributed by atoms with Gasteiger partial charge in [0, 0.05) is 16.7 Å². The van der Waals surface area contributed by atoms with E-state index in [1.54, 1.807) is 0 Å². The number of rotatable bonds is 8. The predicted molar refractivity (Wildman–Crippen MR) is 84.2 cm³/mol. The number of hydrogen-bond donors (Lipinski definition) is 1. The van der Waals surface area contributed by atoms with E-state index >= 15 is 0 Å². The molecule has 2 unspecified atom stereocenters. The van der Waals surface area contributed by atoms with Gasteiger partial charge < -0.3 is 5.32 Å². The van der Waals surface area contributed by atoms with Crippen LogP contribution in [0.1, 0.15) is 44.2 Å². The fourth-order valence-corrected chi connectivity index (χ4v) is 3.18. The number of nitrogens with one attached hydrogen (secondary N) is 1. The first-order chi connectivity index (χ1) is 9.04. The topological polar surface area (TPSA) is 29.1 Å². The van der Waals surface area contributed by atoms with E-state index in [9.17, 15) is 4.21 Å². The first kappa shape index (κ1) is 16.4. The van der Waals surface area contributed by atoms with Crippen molar-refractivity contribution in [3.63, 3.8) is 0 Å². The van der Waals surface area contributed by atoms with E-state index in [4.69, 9.17) is 0 Å². The van der Waals surface area contributed by atoms with Gasteiger partial charge in [-0.15, -0.1) is 0 Å². The molecule has 1 aromatic carbocycles. The summed E-state index contributed by atoms with van der Waals surface area (Å²) in [5.41, 5.74) is 2.49. The van der Waals surface area contributed by atoms with E-state index in [-0.39, 0.29) is 0 Å². The van der Waals surface area contributed by atoms with Crippen LogP contribution in [-0.2, 0) is 10.8 Å². The van der Waals surface area contributed by atoms with Crippen LogP contribution in [0.2, 0.25) is 0 Å². The van der Waals surface area contributed by atoms with Crippen LogP contribution in [0, 0.1) is 13.8 Å². The van der Waals surface area contributed by atoms with Crippen LogP contribution in [-0.4, -0.2) is 22.5 Å². The molecule has 0 spiro atoms. The third-order valence-electron chi connectivity index (χ3n) is 3.45. The molecule has 0 radical (unpaired) electrons. The zero-order valence-corrected chi connectivity index (χ0v) is 13.5. The molecule has 0 aliphatic carbocycles. The van der Waals surface area contributed by atoms with Crippen LogP contribution in [0.4, 0.5) is 0 Å². The standard InChI is InChI=1S/C16H27NOS/c1-5-10-17-15(4)7-6-11-19(18)16-9-8-13(2)14(3)12-16/h8-9,12,15,17H,5-7,10-11H2,1-4H3. The van der Waals surface area contributed by atoms with Crippen molar-refractivity contribution in [1.82, 2.24) is 5.32 Å². The summed E-state index contributed by atoms with van der Waals surface area (Å²) in [6, 6.07) is 6.65. The van der Waals surface area contributed by atoms with Crippen LogP contribution < -0.4 is 5.32 Å². The van der Waals surface area contributed by atoms with Crippen LogP contribution in [0.3, 0.4) is 0 Å². The highest BCUT2D eigenvalue weighted by Crippen LogP contribution is 2.14. The molecule has 3 heteroatoms. The van der Waals surface area contributed by atoms with Crippen molar-refractivity contribution in [2.24, 2.45) is 0 Å². The van der Waals surface area contributed by atoms with E-state index < -0.39 is 10.8 Å². The fraction of sp³-hybridized carbons (Fsp3) is 0.625. The zero-order chi connectivity index (χ0) is 14.3. The summed E-state index contributed by atoms with van der Waals surface area (Å²) in [6.45, 7) is 9.61. The second-order valence-corrected chi connectivity index (χ2v) is 6.86. The Morgan fingerprint density at radius 3 is 2.63 bits per heavy atom. The Hall–Kier alpha value is -0.670. The van der Waals surface area contributed by atoms with Gasteiger partial charge in [0.2, 0.25) is 0 Å². The summed E-state index contributed by atoms with van der Waals surface area (Å²) < 4.78 is 12.2. The fourth-order valence-electron chi connectivity index (χ4n) is 1.99. The summed E-state index contributed by atoms with van der Waals surface area (Å²) in [6.07, 6.45) is 3.27. The van der Waals surface area contributed by atoms with E-state index in [0.29, 0.717) is 6.04 Å². The predicted octanol–water partition coefficient (Wildman–Crippen LogP) is 3.58. The molecule has 2 atom stereocenters. The Morgan fingerprint density at radius 2 is 2.00 bits per heavy atom. The molecule has 0 fully saturated rings. The van der Waals surface area contributed by atoms with Crippen molar-refractivity contribution in [3.8, 4) is 0 Å². The molecule has 0 aliphatic heterocycles. The lowest BCUT2D eigenvalue weighted by Gasteiger charge is -2.12. The summed E-state index contributed by atoms with van der Waals surface area (Å²) in [7, 11) is -0.852. The molecule has 0 aliphatic rings. The molecule has 108 valence electrons. The van der Waals surface area contributed by atoms with Crippen molar-refractivity contribution in [2.75, 3.05) is 12.3 Å². The molecular weight excluding hydrogens is 254 g/mol. The normalized spacial score (nSPS) is 14.3. The second-order valence-electron chi connectivity index (χ2n) is 5.29. The number of aryl methyl sites for hydroxylation is 2. The third kappa shape index (κ3) is 5.87.